The van der Waals surface area contributed by atoms with Crippen molar-refractivity contribution in [1.29, 1.82) is 0 Å². The Balaban J connectivity index is 2.07. The van der Waals surface area contributed by atoms with Gasteiger partial charge in [-0.05, 0) is 64.1 Å². The van der Waals surface area contributed by atoms with E-state index >= 15 is 0 Å². The second-order valence-corrected chi connectivity index (χ2v) is 6.44. The Labute approximate surface area is 160 Å². The highest BCUT2D eigenvalue weighted by Gasteiger charge is 2.11. The van der Waals surface area contributed by atoms with E-state index in [0.29, 0.717) is 22.6 Å². The van der Waals surface area contributed by atoms with Crippen molar-refractivity contribution in [2.75, 3.05) is 7.11 Å². The number of hydrogen-bond acceptors (Lipinski definition) is 5. The number of amides is 1. The van der Waals surface area contributed by atoms with Crippen LogP contribution in [0.2, 0.25) is 0 Å². The quantitative estimate of drug-likeness (QED) is 0.563. The molecule has 0 spiro atoms. The summed E-state index contributed by atoms with van der Waals surface area (Å²) in [5, 5.41) is 4.04. The van der Waals surface area contributed by atoms with Crippen LogP contribution in [0.1, 0.15) is 43.6 Å². The zero-order valence-electron chi connectivity index (χ0n) is 16.4. The maximum Gasteiger partial charge on any atom is 0.271 e. The molecule has 0 fully saturated rings. The molecule has 0 aliphatic carbocycles. The lowest BCUT2D eigenvalue weighted by molar-refractivity contribution is 0.0955. The van der Waals surface area contributed by atoms with E-state index in [1.54, 1.807) is 31.4 Å². The molecule has 144 valence electrons. The van der Waals surface area contributed by atoms with Crippen molar-refractivity contribution in [2.45, 2.75) is 39.9 Å². The Morgan fingerprint density at radius 1 is 1.00 bits per heavy atom. The van der Waals surface area contributed by atoms with Crippen LogP contribution in [0.3, 0.4) is 0 Å². The number of hydrazone groups is 1. The lowest BCUT2D eigenvalue weighted by Crippen LogP contribution is -2.17. The van der Waals surface area contributed by atoms with E-state index in [4.69, 9.17) is 14.2 Å². The minimum Gasteiger partial charge on any atom is -0.493 e. The average molecular weight is 370 g/mol. The minimum absolute atomic E-state index is 0.0189. The SMILES string of the molecule is COc1cccc(/C=N\NC(=O)c2ccc(OC(C)C)cc2)c1OC(C)C. The van der Waals surface area contributed by atoms with Crippen LogP contribution in [0.5, 0.6) is 17.2 Å². The van der Waals surface area contributed by atoms with Gasteiger partial charge in [0.15, 0.2) is 11.5 Å². The molecule has 1 amide bonds. The number of nitrogens with one attached hydrogen (secondary N) is 1. The highest BCUT2D eigenvalue weighted by Crippen LogP contribution is 2.30. The average Bonchev–Trinajstić information content (AvgIpc) is 2.62. The molecule has 6 nitrogen and oxygen atoms in total. The molecule has 0 unspecified atom stereocenters. The van der Waals surface area contributed by atoms with Crippen LogP contribution in [-0.4, -0.2) is 31.4 Å². The summed E-state index contributed by atoms with van der Waals surface area (Å²) in [6.07, 6.45) is 1.60. The largest absolute Gasteiger partial charge is 0.493 e. The Morgan fingerprint density at radius 3 is 2.26 bits per heavy atom. The monoisotopic (exact) mass is 370 g/mol. The summed E-state index contributed by atoms with van der Waals surface area (Å²) in [6, 6.07) is 12.4. The summed E-state index contributed by atoms with van der Waals surface area (Å²) in [5.74, 6) is 1.61. The first kappa shape index (κ1) is 20.3. The normalized spacial score (nSPS) is 11.1. The second-order valence-electron chi connectivity index (χ2n) is 6.44. The van der Waals surface area contributed by atoms with Crippen LogP contribution in [0.15, 0.2) is 47.6 Å². The summed E-state index contributed by atoms with van der Waals surface area (Å²) >= 11 is 0. The zero-order valence-corrected chi connectivity index (χ0v) is 16.4. The first-order valence-electron chi connectivity index (χ1n) is 8.84. The fourth-order valence-corrected chi connectivity index (χ4v) is 2.34. The smallest absolute Gasteiger partial charge is 0.271 e. The summed E-state index contributed by atoms with van der Waals surface area (Å²) < 4.78 is 16.7. The third-order valence-electron chi connectivity index (χ3n) is 3.44. The summed E-state index contributed by atoms with van der Waals surface area (Å²) in [5.41, 5.74) is 3.72. The predicted molar refractivity (Wildman–Crippen MR) is 106 cm³/mol. The van der Waals surface area contributed by atoms with Crippen molar-refractivity contribution < 1.29 is 19.0 Å². The third kappa shape index (κ3) is 6.02. The van der Waals surface area contributed by atoms with Crippen molar-refractivity contribution in [3.05, 3.63) is 53.6 Å². The van der Waals surface area contributed by atoms with E-state index in [1.165, 1.54) is 6.21 Å². The van der Waals surface area contributed by atoms with E-state index in [0.717, 1.165) is 5.75 Å². The number of hydrogen-bond donors (Lipinski definition) is 1. The molecular weight excluding hydrogens is 344 g/mol. The van der Waals surface area contributed by atoms with Gasteiger partial charge in [0.1, 0.15) is 5.75 Å². The molecule has 2 rings (SSSR count). The molecule has 6 heteroatoms. The summed E-state index contributed by atoms with van der Waals surface area (Å²) in [4.78, 5) is 12.2. The number of carbonyl (C=O) groups is 1. The molecule has 2 aromatic carbocycles. The third-order valence-corrected chi connectivity index (χ3v) is 3.44. The van der Waals surface area contributed by atoms with Crippen LogP contribution >= 0.6 is 0 Å². The van der Waals surface area contributed by atoms with Crippen molar-refractivity contribution in [3.63, 3.8) is 0 Å². The van der Waals surface area contributed by atoms with Gasteiger partial charge in [0, 0.05) is 11.1 Å². The Bertz CT molecular complexity index is 783. The highest BCUT2D eigenvalue weighted by atomic mass is 16.5. The molecule has 0 saturated carbocycles. The lowest BCUT2D eigenvalue weighted by atomic mass is 10.2. The van der Waals surface area contributed by atoms with Gasteiger partial charge >= 0.3 is 0 Å². The number of methoxy groups -OCH3 is 1. The van der Waals surface area contributed by atoms with Gasteiger partial charge in [0.05, 0.1) is 25.5 Å². The molecule has 0 radical (unpaired) electrons. The Kier molecular flexibility index (Phi) is 7.23. The van der Waals surface area contributed by atoms with Gasteiger partial charge in [0.25, 0.3) is 5.91 Å². The van der Waals surface area contributed by atoms with Gasteiger partial charge in [-0.15, -0.1) is 0 Å². The first-order valence-corrected chi connectivity index (χ1v) is 8.84. The Hall–Kier alpha value is -3.02. The van der Waals surface area contributed by atoms with E-state index in [1.807, 2.05) is 45.9 Å². The highest BCUT2D eigenvalue weighted by molar-refractivity contribution is 5.95. The molecule has 0 bridgehead atoms. The van der Waals surface area contributed by atoms with Gasteiger partial charge in [-0.3, -0.25) is 4.79 Å². The number of para-hydroxylation sites is 1. The lowest BCUT2D eigenvalue weighted by Gasteiger charge is -2.15. The van der Waals surface area contributed by atoms with Crippen LogP contribution in [-0.2, 0) is 0 Å². The standard InChI is InChI=1S/C21H26N2O4/c1-14(2)26-18-11-9-16(10-12-18)21(24)23-22-13-17-7-6-8-19(25-5)20(17)27-15(3)4/h6-15H,1-5H3,(H,23,24)/b22-13-. The molecule has 0 atom stereocenters. The topological polar surface area (TPSA) is 69.2 Å². The number of benzene rings is 2. The van der Waals surface area contributed by atoms with Crippen molar-refractivity contribution in [2.24, 2.45) is 5.10 Å². The number of rotatable bonds is 8. The van der Waals surface area contributed by atoms with Crippen LogP contribution in [0.25, 0.3) is 0 Å². The van der Waals surface area contributed by atoms with Gasteiger partial charge in [0.2, 0.25) is 0 Å². The number of nitrogens with zero attached hydrogens (tertiary/aromatic N) is 1. The van der Waals surface area contributed by atoms with E-state index in [9.17, 15) is 4.79 Å². The molecule has 0 aromatic heterocycles. The maximum atomic E-state index is 12.2. The molecular formula is C21H26N2O4. The fraction of sp³-hybridized carbons (Fsp3) is 0.333. The second kappa shape index (κ2) is 9.62. The molecule has 2 aromatic rings. The number of ether oxygens (including phenoxy) is 3. The summed E-state index contributed by atoms with van der Waals surface area (Å²) in [6.45, 7) is 7.76. The van der Waals surface area contributed by atoms with E-state index in [-0.39, 0.29) is 18.1 Å². The van der Waals surface area contributed by atoms with Gasteiger partial charge in [-0.2, -0.15) is 5.10 Å². The molecule has 0 saturated heterocycles. The molecule has 0 heterocycles. The fourth-order valence-electron chi connectivity index (χ4n) is 2.34. The molecule has 27 heavy (non-hydrogen) atoms. The van der Waals surface area contributed by atoms with Crippen LogP contribution < -0.4 is 19.6 Å². The van der Waals surface area contributed by atoms with Gasteiger partial charge in [-0.1, -0.05) is 6.07 Å². The minimum atomic E-state index is -0.309. The maximum absolute atomic E-state index is 12.2. The molecule has 1 N–H and O–H groups in total. The van der Waals surface area contributed by atoms with Crippen molar-refractivity contribution in [3.8, 4) is 17.2 Å². The number of carbonyl (C=O) groups excluding carboxylic acids is 1. The van der Waals surface area contributed by atoms with Crippen molar-refractivity contribution >= 4 is 12.1 Å². The van der Waals surface area contributed by atoms with Crippen LogP contribution in [0.4, 0.5) is 0 Å². The molecule has 0 aliphatic heterocycles. The molecule has 0 aliphatic rings. The van der Waals surface area contributed by atoms with Gasteiger partial charge < -0.3 is 14.2 Å². The van der Waals surface area contributed by atoms with Gasteiger partial charge in [-0.25, -0.2) is 5.43 Å². The predicted octanol–water partition coefficient (Wildman–Crippen LogP) is 4.03. The van der Waals surface area contributed by atoms with Crippen molar-refractivity contribution in [1.82, 2.24) is 5.43 Å². The summed E-state index contributed by atoms with van der Waals surface area (Å²) in [7, 11) is 1.58. The zero-order chi connectivity index (χ0) is 19.8. The van der Waals surface area contributed by atoms with Crippen LogP contribution in [0, 0.1) is 0 Å². The van der Waals surface area contributed by atoms with E-state index < -0.39 is 0 Å². The Morgan fingerprint density at radius 2 is 1.67 bits per heavy atom. The van der Waals surface area contributed by atoms with E-state index in [2.05, 4.69) is 10.5 Å². The first-order chi connectivity index (χ1) is 12.9.